The number of benzene rings is 3. The number of carbonyl (C=O) groups is 2. The Morgan fingerprint density at radius 2 is 1.66 bits per heavy atom. The molecule has 3 aromatic carbocycles. The number of aryl methyl sites for hydroxylation is 2. The van der Waals surface area contributed by atoms with E-state index in [1.54, 1.807) is 36.4 Å². The Bertz CT molecular complexity index is 1820. The number of esters is 1. The van der Waals surface area contributed by atoms with E-state index in [4.69, 9.17) is 41.8 Å². The zero-order chi connectivity index (χ0) is 31.2. The predicted octanol–water partition coefficient (Wildman–Crippen LogP) is 7.56. The molecule has 0 aliphatic carbocycles. The molecule has 0 atom stereocenters. The van der Waals surface area contributed by atoms with Crippen LogP contribution in [0, 0.1) is 13.8 Å². The number of methoxy groups -OCH3 is 1. The van der Waals surface area contributed by atoms with Crippen LogP contribution < -0.4 is 19.6 Å². The van der Waals surface area contributed by atoms with Crippen LogP contribution in [0.4, 0.5) is 0 Å². The molecular formula is C33H27Cl2N3O6. The highest BCUT2D eigenvalue weighted by Gasteiger charge is 2.16. The summed E-state index contributed by atoms with van der Waals surface area (Å²) in [4.78, 5) is 25.1. The van der Waals surface area contributed by atoms with Gasteiger partial charge in [-0.1, -0.05) is 23.2 Å². The fourth-order valence-corrected chi connectivity index (χ4v) is 4.86. The van der Waals surface area contributed by atoms with Crippen LogP contribution in [0.1, 0.15) is 43.6 Å². The van der Waals surface area contributed by atoms with Gasteiger partial charge in [0, 0.05) is 22.1 Å². The highest BCUT2D eigenvalue weighted by atomic mass is 35.5. The fraction of sp³-hybridized carbons (Fsp3) is 0.121. The molecule has 5 rings (SSSR count). The molecule has 44 heavy (non-hydrogen) atoms. The predicted molar refractivity (Wildman–Crippen MR) is 168 cm³/mol. The Morgan fingerprint density at radius 1 is 0.909 bits per heavy atom. The molecule has 9 nitrogen and oxygen atoms in total. The molecule has 0 spiro atoms. The van der Waals surface area contributed by atoms with Gasteiger partial charge in [0.25, 0.3) is 0 Å². The Labute approximate surface area is 263 Å². The first kappa shape index (κ1) is 30.5. The molecule has 0 saturated heterocycles. The van der Waals surface area contributed by atoms with E-state index in [1.807, 2.05) is 24.3 Å². The Balaban J connectivity index is 1.14. The summed E-state index contributed by atoms with van der Waals surface area (Å²) in [6, 6.07) is 24.4. The number of rotatable bonds is 10. The van der Waals surface area contributed by atoms with Gasteiger partial charge in [-0.2, -0.15) is 5.10 Å². The van der Waals surface area contributed by atoms with Gasteiger partial charge in [0.1, 0.15) is 18.1 Å². The Morgan fingerprint density at radius 3 is 2.36 bits per heavy atom. The number of halogens is 2. The maximum absolute atomic E-state index is 12.6. The van der Waals surface area contributed by atoms with Crippen molar-refractivity contribution >= 4 is 41.3 Å². The lowest BCUT2D eigenvalue weighted by Gasteiger charge is -2.10. The smallest absolute Gasteiger partial charge is 0.345 e. The quantitative estimate of drug-likeness (QED) is 0.0738. The van der Waals surface area contributed by atoms with Gasteiger partial charge in [-0.05, 0) is 104 Å². The molecule has 5 aromatic rings. The third-order valence-corrected chi connectivity index (χ3v) is 7.10. The number of hydrazone groups is 1. The largest absolute Gasteiger partial charge is 0.493 e. The van der Waals surface area contributed by atoms with E-state index in [9.17, 15) is 9.59 Å². The third kappa shape index (κ3) is 7.14. The van der Waals surface area contributed by atoms with Crippen molar-refractivity contribution in [3.63, 3.8) is 0 Å². The Hall–Kier alpha value is -4.99. The molecule has 0 bridgehead atoms. The molecule has 2 heterocycles. The van der Waals surface area contributed by atoms with Crippen LogP contribution >= 0.6 is 23.2 Å². The number of hydrogen-bond donors (Lipinski definition) is 1. The number of nitrogens with one attached hydrogen (secondary N) is 1. The van der Waals surface area contributed by atoms with Crippen LogP contribution in [0.3, 0.4) is 0 Å². The van der Waals surface area contributed by atoms with E-state index in [1.165, 1.54) is 25.5 Å². The van der Waals surface area contributed by atoms with Crippen LogP contribution in [0.5, 0.6) is 17.2 Å². The minimum atomic E-state index is -0.669. The van der Waals surface area contributed by atoms with E-state index in [0.29, 0.717) is 22.1 Å². The summed E-state index contributed by atoms with van der Waals surface area (Å²) in [6.45, 7) is 4.27. The minimum absolute atomic E-state index is 0.0790. The molecule has 2 aromatic heterocycles. The van der Waals surface area contributed by atoms with Crippen LogP contribution in [0.15, 0.2) is 94.4 Å². The summed E-state index contributed by atoms with van der Waals surface area (Å²) in [6.07, 6.45) is 1.41. The third-order valence-electron chi connectivity index (χ3n) is 6.55. The zero-order valence-electron chi connectivity index (χ0n) is 24.0. The molecule has 1 amide bonds. The van der Waals surface area contributed by atoms with E-state index in [0.717, 1.165) is 17.1 Å². The molecular weight excluding hydrogens is 605 g/mol. The van der Waals surface area contributed by atoms with E-state index < -0.39 is 11.9 Å². The molecule has 1 N–H and O–H groups in total. The van der Waals surface area contributed by atoms with Gasteiger partial charge in [-0.25, -0.2) is 10.2 Å². The van der Waals surface area contributed by atoms with Crippen molar-refractivity contribution in [1.29, 1.82) is 0 Å². The lowest BCUT2D eigenvalue weighted by Crippen LogP contribution is -2.16. The molecule has 0 radical (unpaired) electrons. The fourth-order valence-electron chi connectivity index (χ4n) is 4.38. The second-order valence-electron chi connectivity index (χ2n) is 9.62. The normalized spacial score (nSPS) is 11.0. The summed E-state index contributed by atoms with van der Waals surface area (Å²) in [7, 11) is 1.43. The number of ether oxygens (including phenoxy) is 3. The van der Waals surface area contributed by atoms with Crippen molar-refractivity contribution in [3.8, 4) is 22.9 Å². The summed E-state index contributed by atoms with van der Waals surface area (Å²) in [5.74, 6) is 0.485. The average molecular weight is 633 g/mol. The number of hydrogen-bond acceptors (Lipinski definition) is 7. The van der Waals surface area contributed by atoms with Gasteiger partial charge in [0.2, 0.25) is 0 Å². The van der Waals surface area contributed by atoms with Gasteiger partial charge in [0.15, 0.2) is 17.3 Å². The number of furan rings is 1. The van der Waals surface area contributed by atoms with Crippen molar-refractivity contribution in [2.24, 2.45) is 5.10 Å². The second kappa shape index (κ2) is 13.5. The number of carbonyl (C=O) groups excluding carboxylic acids is 2. The molecule has 224 valence electrons. The molecule has 0 unspecified atom stereocenters. The molecule has 0 aliphatic heterocycles. The Kier molecular flexibility index (Phi) is 9.38. The minimum Gasteiger partial charge on any atom is -0.493 e. The highest BCUT2D eigenvalue weighted by molar-refractivity contribution is 6.36. The SMILES string of the molecule is COc1cc(/C=N/NC(=O)c2ccc(COc3ccc(-n4c(C)ccc4C)cc3)o2)ccc1OC(=O)c1ccc(Cl)cc1Cl. The lowest BCUT2D eigenvalue weighted by molar-refractivity contribution is 0.0729. The van der Waals surface area contributed by atoms with E-state index in [2.05, 4.69) is 41.1 Å². The summed E-state index contributed by atoms with van der Waals surface area (Å²) in [5.41, 5.74) is 6.51. The molecule has 0 saturated carbocycles. The van der Waals surface area contributed by atoms with Gasteiger partial charge in [-0.3, -0.25) is 4.79 Å². The molecule has 0 aliphatic rings. The first-order valence-electron chi connectivity index (χ1n) is 13.4. The summed E-state index contributed by atoms with van der Waals surface area (Å²) >= 11 is 12.0. The monoisotopic (exact) mass is 631 g/mol. The zero-order valence-corrected chi connectivity index (χ0v) is 25.5. The first-order valence-corrected chi connectivity index (χ1v) is 14.1. The maximum atomic E-state index is 12.6. The van der Waals surface area contributed by atoms with Crippen molar-refractivity contribution in [1.82, 2.24) is 9.99 Å². The van der Waals surface area contributed by atoms with Gasteiger partial charge < -0.3 is 23.2 Å². The maximum Gasteiger partial charge on any atom is 0.345 e. The topological polar surface area (TPSA) is 104 Å². The number of nitrogens with zero attached hydrogens (tertiary/aromatic N) is 2. The van der Waals surface area contributed by atoms with Crippen molar-refractivity contribution < 1.29 is 28.2 Å². The molecule has 11 heteroatoms. The number of aromatic nitrogens is 1. The van der Waals surface area contributed by atoms with E-state index in [-0.39, 0.29) is 34.5 Å². The van der Waals surface area contributed by atoms with Crippen molar-refractivity contribution in [2.75, 3.05) is 7.11 Å². The van der Waals surface area contributed by atoms with Gasteiger partial charge >= 0.3 is 11.9 Å². The van der Waals surface area contributed by atoms with Crippen LogP contribution in [-0.2, 0) is 6.61 Å². The second-order valence-corrected chi connectivity index (χ2v) is 10.5. The summed E-state index contributed by atoms with van der Waals surface area (Å²) in [5, 5.41) is 4.55. The molecule has 0 fully saturated rings. The van der Waals surface area contributed by atoms with Crippen LogP contribution in [0.2, 0.25) is 10.0 Å². The van der Waals surface area contributed by atoms with Crippen molar-refractivity contribution in [2.45, 2.75) is 20.5 Å². The first-order chi connectivity index (χ1) is 21.2. The average Bonchev–Trinajstić information content (AvgIpc) is 3.62. The summed E-state index contributed by atoms with van der Waals surface area (Å²) < 4.78 is 24.4. The number of amides is 1. The standard InChI is InChI=1S/C33H27Cl2N3O6/c1-20-4-5-21(2)38(20)24-8-10-25(11-9-24)42-19-26-12-15-30(43-26)32(39)37-36-18-22-6-14-29(31(16-22)41-3)44-33(40)27-13-7-23(34)17-28(27)35/h4-18H,19H2,1-3H3,(H,37,39)/b36-18+. The van der Waals surface area contributed by atoms with E-state index >= 15 is 0 Å². The highest BCUT2D eigenvalue weighted by Crippen LogP contribution is 2.30. The van der Waals surface area contributed by atoms with Gasteiger partial charge in [0.05, 0.1) is 23.9 Å². The van der Waals surface area contributed by atoms with Crippen LogP contribution in [-0.4, -0.2) is 29.8 Å². The van der Waals surface area contributed by atoms with Crippen molar-refractivity contribution in [3.05, 3.63) is 129 Å². The lowest BCUT2D eigenvalue weighted by atomic mass is 10.2. The van der Waals surface area contributed by atoms with Crippen LogP contribution in [0.25, 0.3) is 5.69 Å². The van der Waals surface area contributed by atoms with Gasteiger partial charge in [-0.15, -0.1) is 0 Å².